The van der Waals surface area contributed by atoms with Crippen LogP contribution in [0.2, 0.25) is 0 Å². The van der Waals surface area contributed by atoms with E-state index in [-0.39, 0.29) is 25.3 Å². The minimum Gasteiger partial charge on any atom is -0.389 e. The number of ether oxygens (including phenoxy) is 9. The maximum absolute atomic E-state index is 12.0. The van der Waals surface area contributed by atoms with Crippen molar-refractivity contribution in [1.29, 1.82) is 0 Å². The Balaban J connectivity index is 1.12. The third-order valence-electron chi connectivity index (χ3n) is 10.4. The summed E-state index contributed by atoms with van der Waals surface area (Å²) in [6.07, 6.45) is -16.3. The van der Waals surface area contributed by atoms with Crippen molar-refractivity contribution in [1.82, 2.24) is 4.90 Å². The Morgan fingerprint density at radius 2 is 1.09 bits per heavy atom. The Hall–Kier alpha value is -2.78. The molecular formula is C33H48N4O18. The first-order valence-corrected chi connectivity index (χ1v) is 18.0. The van der Waals surface area contributed by atoms with E-state index in [0.29, 0.717) is 0 Å². The molecule has 22 heteroatoms. The van der Waals surface area contributed by atoms with E-state index in [1.165, 1.54) is 11.0 Å². The normalized spacial score (nSPS) is 39.8. The van der Waals surface area contributed by atoms with Crippen molar-refractivity contribution in [3.05, 3.63) is 38.4 Å². The number of rotatable bonds is 13. The lowest BCUT2D eigenvalue weighted by molar-refractivity contribution is -0.393. The van der Waals surface area contributed by atoms with Crippen molar-refractivity contribution in [2.24, 2.45) is 0 Å². The van der Waals surface area contributed by atoms with Gasteiger partial charge in [-0.25, -0.2) is 0 Å². The zero-order valence-corrected chi connectivity index (χ0v) is 30.9. The number of fused-ring (bicyclic) bond motifs is 3. The first-order valence-electron chi connectivity index (χ1n) is 18.0. The number of hydrogen-bond donors (Lipinski definition) is 6. The Morgan fingerprint density at radius 3 is 1.53 bits per heavy atom. The summed E-state index contributed by atoms with van der Waals surface area (Å²) >= 11 is 0. The molecule has 6 aliphatic rings. The van der Waals surface area contributed by atoms with E-state index in [4.69, 9.17) is 42.6 Å². The highest BCUT2D eigenvalue weighted by Gasteiger charge is 2.59. The second-order valence-corrected chi connectivity index (χ2v) is 16.0. The lowest BCUT2D eigenvalue weighted by Gasteiger charge is -2.36. The maximum Gasteiger partial charge on any atom is 0.299 e. The SMILES string of the molecule is CC1(C)O[C@H]2O[C@H]([C@H](O)CN(C[C@@H](O)[C@H]3O[C@@H]4OC(C)(C)O[C@@H]4[C@H]3O)C[C@@H](O)[C@H]3O[C@@H]4OC(C)(C)O[C@@H]4[C@H]3Nc3ccc([N+](=O)[O-])cc3[N+](=O)[O-])[C@H](O)[C@H]2O1. The van der Waals surface area contributed by atoms with Gasteiger partial charge in [-0.2, -0.15) is 0 Å². The Morgan fingerprint density at radius 1 is 0.673 bits per heavy atom. The Bertz CT molecular complexity index is 1570. The molecule has 1 aromatic rings. The molecule has 0 unspecified atom stereocenters. The van der Waals surface area contributed by atoms with Gasteiger partial charge in [0.15, 0.2) is 36.2 Å². The third kappa shape index (κ3) is 8.04. The van der Waals surface area contributed by atoms with Gasteiger partial charge in [0.1, 0.15) is 54.5 Å². The second kappa shape index (κ2) is 14.6. The first-order chi connectivity index (χ1) is 25.6. The summed E-state index contributed by atoms with van der Waals surface area (Å²) in [6.45, 7) is 8.89. The van der Waals surface area contributed by atoms with Crippen molar-refractivity contribution >= 4 is 17.1 Å². The highest BCUT2D eigenvalue weighted by Crippen LogP contribution is 2.43. The van der Waals surface area contributed by atoms with Crippen molar-refractivity contribution in [3.63, 3.8) is 0 Å². The Labute approximate surface area is 314 Å². The fourth-order valence-corrected chi connectivity index (χ4v) is 8.11. The molecule has 0 spiro atoms. The van der Waals surface area contributed by atoms with Crippen LogP contribution in [-0.4, -0.2) is 169 Å². The van der Waals surface area contributed by atoms with Gasteiger partial charge in [-0.05, 0) is 47.6 Å². The minimum atomic E-state index is -1.49. The van der Waals surface area contributed by atoms with Gasteiger partial charge < -0.3 is 73.5 Å². The lowest BCUT2D eigenvalue weighted by Crippen LogP contribution is -2.54. The molecule has 15 atom stereocenters. The van der Waals surface area contributed by atoms with Gasteiger partial charge >= 0.3 is 0 Å². The summed E-state index contributed by atoms with van der Waals surface area (Å²) in [4.78, 5) is 23.2. The van der Waals surface area contributed by atoms with Gasteiger partial charge in [-0.1, -0.05) is 0 Å². The molecule has 6 aliphatic heterocycles. The molecule has 0 aliphatic carbocycles. The summed E-state index contributed by atoms with van der Waals surface area (Å²) < 4.78 is 52.7. The van der Waals surface area contributed by atoms with E-state index >= 15 is 0 Å². The van der Waals surface area contributed by atoms with Crippen LogP contribution in [0.4, 0.5) is 17.1 Å². The molecule has 1 aromatic carbocycles. The number of aliphatic hydroxyl groups excluding tert-OH is 5. The van der Waals surface area contributed by atoms with Crippen LogP contribution < -0.4 is 5.32 Å². The number of non-ortho nitro benzene ring substituents is 1. The number of nitro benzene ring substituents is 2. The molecule has 6 heterocycles. The zero-order valence-electron chi connectivity index (χ0n) is 30.9. The molecule has 55 heavy (non-hydrogen) atoms. The summed E-state index contributed by atoms with van der Waals surface area (Å²) in [6, 6.07) is 2.02. The van der Waals surface area contributed by atoms with Crippen LogP contribution in [0.1, 0.15) is 41.5 Å². The maximum atomic E-state index is 12.0. The number of benzene rings is 1. The predicted molar refractivity (Wildman–Crippen MR) is 180 cm³/mol. The summed E-state index contributed by atoms with van der Waals surface area (Å²) in [5, 5.41) is 83.1. The third-order valence-corrected chi connectivity index (χ3v) is 10.4. The summed E-state index contributed by atoms with van der Waals surface area (Å²) in [7, 11) is 0. The lowest BCUT2D eigenvalue weighted by atomic mass is 9.99. The van der Waals surface area contributed by atoms with Crippen molar-refractivity contribution in [2.45, 2.75) is 151 Å². The van der Waals surface area contributed by atoms with Gasteiger partial charge in [0.05, 0.1) is 40.3 Å². The molecule has 0 aromatic heterocycles. The van der Waals surface area contributed by atoms with E-state index in [2.05, 4.69) is 5.32 Å². The largest absolute Gasteiger partial charge is 0.389 e. The molecule has 7 rings (SSSR count). The van der Waals surface area contributed by atoms with E-state index in [9.17, 15) is 45.8 Å². The average molecular weight is 789 g/mol. The van der Waals surface area contributed by atoms with Crippen LogP contribution in [0.25, 0.3) is 0 Å². The van der Waals surface area contributed by atoms with Crippen LogP contribution >= 0.6 is 0 Å². The van der Waals surface area contributed by atoms with Crippen LogP contribution in [-0.2, 0) is 42.6 Å². The number of nitrogens with one attached hydrogen (secondary N) is 1. The van der Waals surface area contributed by atoms with Gasteiger partial charge in [0.25, 0.3) is 11.4 Å². The van der Waals surface area contributed by atoms with Crippen LogP contribution in [0.5, 0.6) is 0 Å². The van der Waals surface area contributed by atoms with Crippen LogP contribution in [0.3, 0.4) is 0 Å². The average Bonchev–Trinajstić information content (AvgIpc) is 3.87. The number of hydrogen-bond acceptors (Lipinski definition) is 20. The fourth-order valence-electron chi connectivity index (χ4n) is 8.11. The molecule has 6 saturated heterocycles. The molecule has 6 fully saturated rings. The number of aliphatic hydroxyl groups is 5. The van der Waals surface area contributed by atoms with Crippen molar-refractivity contribution in [3.8, 4) is 0 Å². The highest BCUT2D eigenvalue weighted by molar-refractivity contribution is 5.66. The van der Waals surface area contributed by atoms with Crippen LogP contribution in [0, 0.1) is 20.2 Å². The quantitative estimate of drug-likeness (QED) is 0.103. The van der Waals surface area contributed by atoms with E-state index in [1.807, 2.05) is 0 Å². The van der Waals surface area contributed by atoms with E-state index < -0.39 is 131 Å². The summed E-state index contributed by atoms with van der Waals surface area (Å²) in [5.74, 6) is -3.20. The molecule has 0 bridgehead atoms. The summed E-state index contributed by atoms with van der Waals surface area (Å²) in [5.41, 5.74) is -1.23. The van der Waals surface area contributed by atoms with E-state index in [0.717, 1.165) is 12.1 Å². The van der Waals surface area contributed by atoms with E-state index in [1.54, 1.807) is 41.5 Å². The topological polar surface area (TPSA) is 286 Å². The molecule has 0 radical (unpaired) electrons. The molecular weight excluding hydrogens is 740 g/mol. The molecule has 6 N–H and O–H groups in total. The number of nitrogens with zero attached hydrogens (tertiary/aromatic N) is 3. The van der Waals surface area contributed by atoms with Crippen molar-refractivity contribution < 1.29 is 78.0 Å². The van der Waals surface area contributed by atoms with Gasteiger partial charge in [0, 0.05) is 25.7 Å². The van der Waals surface area contributed by atoms with Gasteiger partial charge in [-0.15, -0.1) is 0 Å². The first kappa shape index (κ1) is 40.4. The second-order valence-electron chi connectivity index (χ2n) is 16.0. The number of anilines is 1. The van der Waals surface area contributed by atoms with Crippen LogP contribution in [0.15, 0.2) is 18.2 Å². The van der Waals surface area contributed by atoms with Crippen molar-refractivity contribution in [2.75, 3.05) is 25.0 Å². The minimum absolute atomic E-state index is 0.117. The standard InChI is InChI=1S/C33H48N4O18/c1-31(2)50-25-19(34-14-8-7-13(36(43)44)9-15(14)37(45)46)22(47-28(25)53-31)16(38)10-35(11-17(39)23-20(41)26-29(48-23)54-32(3,4)51-26)12-18(40)24-21(42)27-30(49-24)55-33(5,6)52-27/h7-9,16-30,34,38-42H,10-12H2,1-6H3/t16-,17-,18-,19+,20+,21+,22-,23-,24-,25-,26-,27-,28-,29-,30-/m1/s1. The molecule has 0 saturated carbocycles. The van der Waals surface area contributed by atoms with Gasteiger partial charge in [-0.3, -0.25) is 25.1 Å². The molecule has 0 amide bonds. The Kier molecular flexibility index (Phi) is 10.7. The molecule has 308 valence electrons. The van der Waals surface area contributed by atoms with Gasteiger partial charge in [0.2, 0.25) is 0 Å². The fraction of sp³-hybridized carbons (Fsp3) is 0.818. The molecule has 22 nitrogen and oxygen atoms in total. The number of nitro groups is 2. The zero-order chi connectivity index (χ0) is 39.9. The smallest absolute Gasteiger partial charge is 0.299 e. The monoisotopic (exact) mass is 788 g/mol. The highest BCUT2D eigenvalue weighted by atomic mass is 16.9. The predicted octanol–water partition coefficient (Wildman–Crippen LogP) is -0.981.